The first-order valence-electron chi connectivity index (χ1n) is 1.42. The van der Waals surface area contributed by atoms with Crippen molar-refractivity contribution in [2.24, 2.45) is 0 Å². The van der Waals surface area contributed by atoms with Crippen LogP contribution in [0.1, 0.15) is 0 Å². The van der Waals surface area contributed by atoms with Gasteiger partial charge in [-0.2, -0.15) is 5.26 Å². The zero-order chi connectivity index (χ0) is 4.12. The lowest BCUT2D eigenvalue weighted by Crippen LogP contribution is -1.44. The van der Waals surface area contributed by atoms with Crippen LogP contribution in [0.15, 0.2) is 11.8 Å². The zero-order valence-electron chi connectivity index (χ0n) is 3.10. The highest BCUT2D eigenvalue weighted by Gasteiger charge is 1.46. The highest BCUT2D eigenvalue weighted by Crippen LogP contribution is 1.52. The summed E-state index contributed by atoms with van der Waals surface area (Å²) in [5.41, 5.74) is 1.83. The van der Waals surface area contributed by atoms with Crippen LogP contribution < -0.4 is 0 Å². The molecule has 0 saturated heterocycles. The maximum atomic E-state index is 7.75. The Bertz CT molecular complexity index is 69.5. The Kier molecular flexibility index (Phi) is 3.07. The van der Waals surface area contributed by atoms with Crippen molar-refractivity contribution in [2.75, 3.05) is 0 Å². The average Bonchev–Trinajstić information content (AvgIpc) is 1.41. The summed E-state index contributed by atoms with van der Waals surface area (Å²) in [6.45, 7) is 0. The molecule has 0 fully saturated rings. The van der Waals surface area contributed by atoms with Crippen LogP contribution in [0.4, 0.5) is 0 Å². The van der Waals surface area contributed by atoms with Gasteiger partial charge in [-0.15, -0.1) is 0 Å². The van der Waals surface area contributed by atoms with E-state index in [1.165, 1.54) is 6.08 Å². The van der Waals surface area contributed by atoms with E-state index in [9.17, 15) is 0 Å². The lowest BCUT2D eigenvalue weighted by atomic mass is 10.7. The van der Waals surface area contributed by atoms with Gasteiger partial charge in [-0.25, -0.2) is 0 Å². The van der Waals surface area contributed by atoms with Crippen LogP contribution in [0.2, 0.25) is 0 Å². The molecule has 0 aromatic heterocycles. The molecule has 0 heterocycles. The van der Waals surface area contributed by atoms with Crippen LogP contribution in [0.5, 0.6) is 0 Å². The van der Waals surface area contributed by atoms with Gasteiger partial charge >= 0.3 is 0 Å². The number of allylic oxidation sites excluding steroid dienone is 1. The summed E-state index contributed by atoms with van der Waals surface area (Å²) in [6, 6.07) is 1.87. The van der Waals surface area contributed by atoms with Crippen molar-refractivity contribution in [3.05, 3.63) is 11.8 Å². The summed E-state index contributed by atoms with van der Waals surface area (Å²) in [6.07, 6.45) is 1.49. The Morgan fingerprint density at radius 1 is 1.80 bits per heavy atom. The fraction of sp³-hybridized carbons (Fsp3) is 0. The van der Waals surface area contributed by atoms with Crippen LogP contribution in [-0.2, 0) is 0 Å². The smallest absolute Gasteiger partial charge is 0.0904 e. The van der Waals surface area contributed by atoms with Gasteiger partial charge in [0.25, 0.3) is 0 Å². The molecule has 0 spiro atoms. The second-order valence-corrected chi connectivity index (χ2v) is 1.30. The highest BCUT2D eigenvalue weighted by molar-refractivity contribution is 6.17. The molecule has 1 nitrogen and oxygen atoms in total. The SMILES string of the molecule is N#CC=C[SiH3]. The van der Waals surface area contributed by atoms with Gasteiger partial charge in [0.15, 0.2) is 0 Å². The first kappa shape index (κ1) is 4.45. The fourth-order valence-corrected chi connectivity index (χ4v) is 0.224. The van der Waals surface area contributed by atoms with Crippen molar-refractivity contribution in [3.63, 3.8) is 0 Å². The molecule has 0 N–H and O–H groups in total. The number of nitrogens with zero attached hydrogens (tertiary/aromatic N) is 1. The van der Waals surface area contributed by atoms with Gasteiger partial charge in [0.05, 0.1) is 6.07 Å². The van der Waals surface area contributed by atoms with Gasteiger partial charge in [0.2, 0.25) is 0 Å². The van der Waals surface area contributed by atoms with Crippen molar-refractivity contribution in [1.82, 2.24) is 0 Å². The summed E-state index contributed by atoms with van der Waals surface area (Å²) < 4.78 is 0. The van der Waals surface area contributed by atoms with Gasteiger partial charge in [-0.1, -0.05) is 5.70 Å². The Labute approximate surface area is 34.3 Å². The van der Waals surface area contributed by atoms with Crippen LogP contribution in [-0.4, -0.2) is 10.2 Å². The predicted molar refractivity (Wildman–Crippen MR) is 24.7 cm³/mol. The molecule has 0 atom stereocenters. The van der Waals surface area contributed by atoms with E-state index in [1.807, 2.05) is 11.8 Å². The Morgan fingerprint density at radius 2 is 2.40 bits per heavy atom. The summed E-state index contributed by atoms with van der Waals surface area (Å²) in [4.78, 5) is 0. The van der Waals surface area contributed by atoms with Crippen molar-refractivity contribution >= 4 is 10.2 Å². The first-order chi connectivity index (χ1) is 2.41. The van der Waals surface area contributed by atoms with Crippen LogP contribution in [0, 0.1) is 11.3 Å². The molecule has 0 aliphatic carbocycles. The van der Waals surface area contributed by atoms with Crippen molar-refractivity contribution < 1.29 is 0 Å². The molecule has 0 aromatic rings. The van der Waals surface area contributed by atoms with Gasteiger partial charge in [-0.05, 0) is 0 Å². The van der Waals surface area contributed by atoms with E-state index < -0.39 is 0 Å². The summed E-state index contributed by atoms with van der Waals surface area (Å²) in [7, 11) is 0.996. The molecule has 2 heteroatoms. The van der Waals surface area contributed by atoms with Crippen molar-refractivity contribution in [2.45, 2.75) is 0 Å². The molecule has 0 aliphatic heterocycles. The minimum absolute atomic E-state index is 0.996. The monoisotopic (exact) mass is 83.0 g/mol. The molecule has 0 unspecified atom stereocenters. The number of hydrogen-bond donors (Lipinski definition) is 0. The molecule has 0 aliphatic rings. The standard InChI is InChI=1S/C3H5NSi/c4-2-1-3-5/h1,3H,5H3. The number of rotatable bonds is 0. The maximum Gasteiger partial charge on any atom is 0.0904 e. The quantitative estimate of drug-likeness (QED) is 0.283. The highest BCUT2D eigenvalue weighted by atomic mass is 28.1. The molecular weight excluding hydrogens is 78.1 g/mol. The minimum atomic E-state index is 0.996. The third-order valence-corrected chi connectivity index (χ3v) is 0.575. The van der Waals surface area contributed by atoms with Gasteiger partial charge in [0.1, 0.15) is 0 Å². The fourth-order valence-electron chi connectivity index (χ4n) is 0.0745. The Morgan fingerprint density at radius 3 is 2.40 bits per heavy atom. The van der Waals surface area contributed by atoms with Crippen LogP contribution in [0.25, 0.3) is 0 Å². The van der Waals surface area contributed by atoms with E-state index in [-0.39, 0.29) is 0 Å². The topological polar surface area (TPSA) is 23.8 Å². The Balaban J connectivity index is 3.04. The third-order valence-electron chi connectivity index (χ3n) is 0.241. The van der Waals surface area contributed by atoms with Crippen LogP contribution in [0.3, 0.4) is 0 Å². The van der Waals surface area contributed by atoms with Crippen molar-refractivity contribution in [3.8, 4) is 6.07 Å². The predicted octanol–water partition coefficient (Wildman–Crippen LogP) is -0.611. The second kappa shape index (κ2) is 3.45. The van der Waals surface area contributed by atoms with Crippen LogP contribution >= 0.6 is 0 Å². The molecule has 5 heavy (non-hydrogen) atoms. The molecule has 0 saturated carbocycles. The first-order valence-corrected chi connectivity index (χ1v) is 2.58. The lowest BCUT2D eigenvalue weighted by Gasteiger charge is -1.47. The maximum absolute atomic E-state index is 7.75. The summed E-state index contributed by atoms with van der Waals surface area (Å²) in [5, 5.41) is 7.75. The number of hydrogen-bond acceptors (Lipinski definition) is 1. The minimum Gasteiger partial charge on any atom is -0.193 e. The summed E-state index contributed by atoms with van der Waals surface area (Å²) in [5.74, 6) is 0. The second-order valence-electron chi connectivity index (χ2n) is 0.629. The normalized spacial score (nSPS) is 8.60. The molecule has 0 bridgehead atoms. The molecule has 26 valence electrons. The van der Waals surface area contributed by atoms with Gasteiger partial charge in [0, 0.05) is 16.3 Å². The van der Waals surface area contributed by atoms with Gasteiger partial charge < -0.3 is 0 Å². The van der Waals surface area contributed by atoms with E-state index >= 15 is 0 Å². The average molecular weight is 83.2 g/mol. The summed E-state index contributed by atoms with van der Waals surface area (Å²) >= 11 is 0. The molecular formula is C3H5NSi. The Hall–Kier alpha value is -0.553. The van der Waals surface area contributed by atoms with Gasteiger partial charge in [-0.3, -0.25) is 0 Å². The van der Waals surface area contributed by atoms with E-state index in [1.54, 1.807) is 0 Å². The lowest BCUT2D eigenvalue weighted by molar-refractivity contribution is 1.54. The molecule has 0 amide bonds. The number of nitriles is 1. The molecule has 0 rings (SSSR count). The third kappa shape index (κ3) is 3.45. The van der Waals surface area contributed by atoms with E-state index in [0.717, 1.165) is 10.2 Å². The van der Waals surface area contributed by atoms with E-state index in [4.69, 9.17) is 5.26 Å². The zero-order valence-corrected chi connectivity index (χ0v) is 5.10. The molecule has 0 aromatic carbocycles. The van der Waals surface area contributed by atoms with E-state index in [0.29, 0.717) is 0 Å². The molecule has 0 radical (unpaired) electrons. The van der Waals surface area contributed by atoms with E-state index in [2.05, 4.69) is 0 Å². The largest absolute Gasteiger partial charge is 0.193 e. The van der Waals surface area contributed by atoms with Crippen molar-refractivity contribution in [1.29, 1.82) is 5.26 Å².